The monoisotopic (exact) mass is 474 g/mol. The van der Waals surface area contributed by atoms with E-state index in [1.807, 2.05) is 34.0 Å². The van der Waals surface area contributed by atoms with E-state index in [-0.39, 0.29) is 12.4 Å². The zero-order valence-electron chi connectivity index (χ0n) is 20.9. The molecular formula is C24H46N2O7. The van der Waals surface area contributed by atoms with E-state index in [4.69, 9.17) is 9.47 Å². The van der Waals surface area contributed by atoms with E-state index in [0.717, 1.165) is 6.42 Å². The number of hydrogen-bond acceptors (Lipinski definition) is 9. The van der Waals surface area contributed by atoms with Crippen LogP contribution in [0, 0.1) is 11.8 Å². The van der Waals surface area contributed by atoms with Crippen LogP contribution in [0.3, 0.4) is 0 Å². The first-order chi connectivity index (χ1) is 15.8. The van der Waals surface area contributed by atoms with Gasteiger partial charge < -0.3 is 45.6 Å². The van der Waals surface area contributed by atoms with Crippen LogP contribution in [-0.4, -0.2) is 91.0 Å². The van der Waals surface area contributed by atoms with Gasteiger partial charge in [-0.25, -0.2) is 0 Å². The summed E-state index contributed by atoms with van der Waals surface area (Å²) >= 11 is 0. The average molecular weight is 475 g/mol. The number of allylic oxidation sites excluding steroid dienone is 1. The normalized spacial score (nSPS) is 24.1. The lowest BCUT2D eigenvalue weighted by molar-refractivity contribution is -0.174. The lowest BCUT2D eigenvalue weighted by atomic mass is 10.00. The maximum atomic E-state index is 10.5. The molecule has 194 valence electrons. The number of aliphatic hydroxyl groups excluding tert-OH is 4. The van der Waals surface area contributed by atoms with Crippen molar-refractivity contribution < 1.29 is 35.0 Å². The molecule has 0 heterocycles. The van der Waals surface area contributed by atoms with Gasteiger partial charge >= 0.3 is 0 Å². The average Bonchev–Trinajstić information content (AvgIpc) is 3.06. The molecule has 6 unspecified atom stereocenters. The van der Waals surface area contributed by atoms with E-state index < -0.39 is 43.0 Å². The Morgan fingerprint density at radius 2 is 1.61 bits per heavy atom. The highest BCUT2D eigenvalue weighted by Crippen LogP contribution is 2.37. The smallest absolute Gasteiger partial charge is 0.162 e. The van der Waals surface area contributed by atoms with Crippen LogP contribution in [0.1, 0.15) is 27.2 Å². The molecule has 1 aromatic rings. The molecule has 2 rings (SSSR count). The van der Waals surface area contributed by atoms with E-state index >= 15 is 0 Å². The Hall–Kier alpha value is -1.72. The van der Waals surface area contributed by atoms with Gasteiger partial charge in [0.25, 0.3) is 0 Å². The molecule has 1 fully saturated rings. The molecule has 0 bridgehead atoms. The van der Waals surface area contributed by atoms with Crippen molar-refractivity contribution in [2.75, 3.05) is 40.9 Å². The third-order valence-corrected chi connectivity index (χ3v) is 4.56. The van der Waals surface area contributed by atoms with Gasteiger partial charge in [0.15, 0.2) is 6.29 Å². The number of aliphatic hydroxyl groups is 4. The van der Waals surface area contributed by atoms with Gasteiger partial charge in [-0.15, -0.1) is 6.58 Å². The lowest BCUT2D eigenvalue weighted by Crippen LogP contribution is -2.40. The fraction of sp³-hybridized carbons (Fsp3) is 0.667. The number of likely N-dealkylation sites (N-methyl/N-ethyl adjacent to an activating group) is 1. The van der Waals surface area contributed by atoms with Gasteiger partial charge in [0.2, 0.25) is 0 Å². The van der Waals surface area contributed by atoms with Crippen LogP contribution in [0.25, 0.3) is 0 Å². The Morgan fingerprint density at radius 3 is 2.03 bits per heavy atom. The fourth-order valence-corrected chi connectivity index (χ4v) is 2.94. The third-order valence-electron chi connectivity index (χ3n) is 4.56. The molecule has 33 heavy (non-hydrogen) atoms. The summed E-state index contributed by atoms with van der Waals surface area (Å²) < 4.78 is 10.9. The van der Waals surface area contributed by atoms with Gasteiger partial charge in [0, 0.05) is 12.5 Å². The highest BCUT2D eigenvalue weighted by molar-refractivity contribution is 5.30. The van der Waals surface area contributed by atoms with Gasteiger partial charge in [0.1, 0.15) is 23.7 Å². The molecule has 9 heteroatoms. The van der Waals surface area contributed by atoms with Crippen LogP contribution in [-0.2, 0) is 4.74 Å². The van der Waals surface area contributed by atoms with Gasteiger partial charge in [-0.1, -0.05) is 26.8 Å². The third kappa shape index (κ3) is 12.4. The second kappa shape index (κ2) is 20.9. The molecule has 1 saturated carbocycles. The summed E-state index contributed by atoms with van der Waals surface area (Å²) in [6, 6.07) is 5.87. The lowest BCUT2D eigenvalue weighted by Gasteiger charge is -2.25. The number of rotatable bonds is 9. The summed E-state index contributed by atoms with van der Waals surface area (Å²) in [6.45, 7) is 9.84. The highest BCUT2D eigenvalue weighted by Gasteiger charge is 2.53. The molecule has 0 aliphatic heterocycles. The number of ether oxygens (including phenoxy) is 2. The summed E-state index contributed by atoms with van der Waals surface area (Å²) in [4.78, 5) is 0. The number of phenols is 1. The van der Waals surface area contributed by atoms with Gasteiger partial charge in [-0.3, -0.25) is 0 Å². The Kier molecular flexibility index (Phi) is 21.1. The largest absolute Gasteiger partial charge is 0.508 e. The zero-order chi connectivity index (χ0) is 25.8. The molecular weight excluding hydrogens is 428 g/mol. The van der Waals surface area contributed by atoms with E-state index in [2.05, 4.69) is 24.1 Å². The molecule has 6 atom stereocenters. The Balaban J connectivity index is 0. The summed E-state index contributed by atoms with van der Waals surface area (Å²) in [5, 5.41) is 55.3. The van der Waals surface area contributed by atoms with Gasteiger partial charge in [-0.2, -0.15) is 0 Å². The minimum absolute atomic E-state index is 0.0688. The molecule has 0 amide bonds. The Morgan fingerprint density at radius 1 is 1.09 bits per heavy atom. The van der Waals surface area contributed by atoms with Crippen LogP contribution in [0.15, 0.2) is 36.9 Å². The van der Waals surface area contributed by atoms with Crippen molar-refractivity contribution >= 4 is 0 Å². The minimum atomic E-state index is -1.38. The van der Waals surface area contributed by atoms with Crippen LogP contribution in [0.5, 0.6) is 11.5 Å². The SMILES string of the molecule is C=CCC.CC.CNC.CNCCOC(O)C1C(O)C(CO)C(Oc2ccc(O)cc2)C1O. The van der Waals surface area contributed by atoms with Crippen molar-refractivity contribution in [1.82, 2.24) is 10.6 Å². The molecule has 0 spiro atoms. The number of nitrogens with one attached hydrogen (secondary N) is 2. The minimum Gasteiger partial charge on any atom is -0.508 e. The van der Waals surface area contributed by atoms with E-state index in [9.17, 15) is 25.5 Å². The first kappa shape index (κ1) is 33.5. The maximum Gasteiger partial charge on any atom is 0.162 e. The van der Waals surface area contributed by atoms with Gasteiger partial charge in [0.05, 0.1) is 25.2 Å². The summed E-state index contributed by atoms with van der Waals surface area (Å²) in [7, 11) is 5.48. The van der Waals surface area contributed by atoms with Crippen molar-refractivity contribution in [3.8, 4) is 11.5 Å². The fourth-order valence-electron chi connectivity index (χ4n) is 2.94. The van der Waals surface area contributed by atoms with E-state index in [0.29, 0.717) is 12.3 Å². The van der Waals surface area contributed by atoms with Gasteiger partial charge in [-0.05, 0) is 51.8 Å². The molecule has 0 radical (unpaired) electrons. The second-order valence-corrected chi connectivity index (χ2v) is 7.04. The molecule has 1 aliphatic rings. The predicted molar refractivity (Wildman–Crippen MR) is 131 cm³/mol. The molecule has 1 aromatic carbocycles. The number of hydrogen-bond donors (Lipinski definition) is 7. The quantitative estimate of drug-likeness (QED) is 0.159. The Bertz CT molecular complexity index is 574. The standard InChI is InChI=1S/C16H25NO7.C4H8.C2H7N.C2H6/c1-17-6-7-23-16(22)12-13(20)11(8-18)15(14(12)21)24-10-4-2-9(19)3-5-10;1-3-4-2;1-3-2;1-2/h2-5,11-22H,6-8H2,1H3;3H,1,4H2,2H3;3H,1-2H3;1-2H3. The van der Waals surface area contributed by atoms with E-state index in [1.54, 1.807) is 7.05 Å². The topological polar surface area (TPSA) is 144 Å². The second-order valence-electron chi connectivity index (χ2n) is 7.04. The molecule has 0 aromatic heterocycles. The van der Waals surface area contributed by atoms with Crippen molar-refractivity contribution in [1.29, 1.82) is 0 Å². The number of phenolic OH excluding ortho intramolecular Hbond substituents is 1. The summed E-state index contributed by atoms with van der Waals surface area (Å²) in [5.74, 6) is -1.34. The maximum absolute atomic E-state index is 10.5. The molecule has 7 N–H and O–H groups in total. The first-order valence-electron chi connectivity index (χ1n) is 11.4. The summed E-state index contributed by atoms with van der Waals surface area (Å²) in [6.07, 6.45) is -1.75. The van der Waals surface area contributed by atoms with Crippen LogP contribution < -0.4 is 15.4 Å². The van der Waals surface area contributed by atoms with Crippen LogP contribution in [0.2, 0.25) is 0 Å². The van der Waals surface area contributed by atoms with Crippen LogP contribution in [0.4, 0.5) is 0 Å². The predicted octanol–water partition coefficient (Wildman–Crippen LogP) is 1.10. The van der Waals surface area contributed by atoms with Crippen molar-refractivity contribution in [2.24, 2.45) is 11.8 Å². The van der Waals surface area contributed by atoms with Crippen LogP contribution >= 0.6 is 0 Å². The Labute approximate surface area is 199 Å². The summed E-state index contributed by atoms with van der Waals surface area (Å²) in [5.41, 5.74) is 0. The van der Waals surface area contributed by atoms with Crippen molar-refractivity contribution in [3.63, 3.8) is 0 Å². The number of benzene rings is 1. The van der Waals surface area contributed by atoms with Crippen molar-refractivity contribution in [3.05, 3.63) is 36.9 Å². The molecule has 1 aliphatic carbocycles. The molecule has 9 nitrogen and oxygen atoms in total. The first-order valence-corrected chi connectivity index (χ1v) is 11.4. The number of aromatic hydroxyl groups is 1. The zero-order valence-corrected chi connectivity index (χ0v) is 20.9. The van der Waals surface area contributed by atoms with Crippen molar-refractivity contribution in [2.45, 2.75) is 51.8 Å². The molecule has 0 saturated heterocycles. The highest BCUT2D eigenvalue weighted by atomic mass is 16.6. The van der Waals surface area contributed by atoms with E-state index in [1.165, 1.54) is 24.3 Å².